The van der Waals surface area contributed by atoms with Gasteiger partial charge in [0.25, 0.3) is 5.91 Å². The van der Waals surface area contributed by atoms with Crippen LogP contribution >= 0.6 is 15.9 Å². The van der Waals surface area contributed by atoms with Crippen LogP contribution in [0.3, 0.4) is 0 Å². The Hall–Kier alpha value is -3.72. The average Bonchev–Trinajstić information content (AvgIpc) is 3.25. The quantitative estimate of drug-likeness (QED) is 0.292. The van der Waals surface area contributed by atoms with Crippen LogP contribution in [0.15, 0.2) is 71.5 Å². The summed E-state index contributed by atoms with van der Waals surface area (Å²) in [7, 11) is 0. The number of nitrogens with zero attached hydrogens (tertiary/aromatic N) is 2. The van der Waals surface area contributed by atoms with Gasteiger partial charge in [-0.05, 0) is 63.7 Å². The fourth-order valence-electron chi connectivity index (χ4n) is 4.30. The average molecular weight is 537 g/mol. The summed E-state index contributed by atoms with van der Waals surface area (Å²) in [5.74, 6) is -0.534. The predicted octanol–water partition coefficient (Wildman–Crippen LogP) is 4.18. The highest BCUT2D eigenvalue weighted by atomic mass is 79.9. The molecule has 0 saturated carbocycles. The van der Waals surface area contributed by atoms with Crippen molar-refractivity contribution in [3.8, 4) is 16.9 Å². The van der Waals surface area contributed by atoms with Crippen LogP contribution in [0.4, 0.5) is 0 Å². The van der Waals surface area contributed by atoms with Crippen molar-refractivity contribution in [3.63, 3.8) is 0 Å². The summed E-state index contributed by atoms with van der Waals surface area (Å²) < 4.78 is 6.84. The van der Waals surface area contributed by atoms with Gasteiger partial charge in [-0.25, -0.2) is 0 Å². The number of amidine groups is 1. The summed E-state index contributed by atoms with van der Waals surface area (Å²) in [5, 5.41) is 16.8. The van der Waals surface area contributed by atoms with Crippen molar-refractivity contribution in [2.75, 3.05) is 13.2 Å². The van der Waals surface area contributed by atoms with Gasteiger partial charge < -0.3 is 20.5 Å². The lowest BCUT2D eigenvalue weighted by Gasteiger charge is -2.25. The summed E-state index contributed by atoms with van der Waals surface area (Å²) in [5.41, 5.74) is 8.60. The first-order valence-corrected chi connectivity index (χ1v) is 11.9. The number of aliphatic carboxylic acids is 1. The molecule has 2 heterocycles. The van der Waals surface area contributed by atoms with E-state index in [-0.39, 0.29) is 36.7 Å². The van der Waals surface area contributed by atoms with E-state index in [0.717, 1.165) is 15.6 Å². The first-order chi connectivity index (χ1) is 16.8. The summed E-state index contributed by atoms with van der Waals surface area (Å²) in [6.07, 6.45) is 3.68. The maximum atomic E-state index is 13.1. The van der Waals surface area contributed by atoms with E-state index in [2.05, 4.69) is 20.9 Å². The van der Waals surface area contributed by atoms with E-state index in [1.165, 1.54) is 6.20 Å². The molecule has 180 valence electrons. The molecule has 4 N–H and O–H groups in total. The van der Waals surface area contributed by atoms with Crippen molar-refractivity contribution >= 4 is 33.6 Å². The van der Waals surface area contributed by atoms with E-state index in [1.54, 1.807) is 35.4 Å². The zero-order valence-corrected chi connectivity index (χ0v) is 20.4. The van der Waals surface area contributed by atoms with Crippen LogP contribution in [0.5, 0.6) is 5.75 Å². The lowest BCUT2D eigenvalue weighted by atomic mass is 10.0. The van der Waals surface area contributed by atoms with Gasteiger partial charge >= 0.3 is 5.97 Å². The molecule has 1 aliphatic rings. The minimum absolute atomic E-state index is 0.00806. The van der Waals surface area contributed by atoms with Crippen molar-refractivity contribution in [2.45, 2.75) is 18.9 Å². The normalized spacial score (nSPS) is 17.2. The molecule has 3 aromatic rings. The van der Waals surface area contributed by atoms with Crippen LogP contribution in [0, 0.1) is 11.3 Å². The molecule has 35 heavy (non-hydrogen) atoms. The Morgan fingerprint density at radius 2 is 1.89 bits per heavy atom. The summed E-state index contributed by atoms with van der Waals surface area (Å²) >= 11 is 3.57. The van der Waals surface area contributed by atoms with Crippen LogP contribution < -0.4 is 10.5 Å². The third kappa shape index (κ3) is 5.86. The van der Waals surface area contributed by atoms with E-state index < -0.39 is 5.97 Å². The lowest BCUT2D eigenvalue weighted by molar-refractivity contribution is -0.138. The van der Waals surface area contributed by atoms with Gasteiger partial charge in [0, 0.05) is 30.9 Å². The van der Waals surface area contributed by atoms with Gasteiger partial charge in [-0.15, -0.1) is 0 Å². The fourth-order valence-corrected chi connectivity index (χ4v) is 4.79. The van der Waals surface area contributed by atoms with Gasteiger partial charge in [-0.1, -0.05) is 30.3 Å². The number of carbonyl (C=O) groups excluding carboxylic acids is 1. The first kappa shape index (κ1) is 24.4. The number of hydrogen-bond donors (Lipinski definition) is 3. The minimum atomic E-state index is -0.875. The Balaban J connectivity index is 1.47. The molecule has 0 bridgehead atoms. The second-order valence-electron chi connectivity index (χ2n) is 8.50. The number of aromatic nitrogens is 1. The van der Waals surface area contributed by atoms with E-state index in [4.69, 9.17) is 15.9 Å². The molecular weight excluding hydrogens is 512 g/mol. The maximum absolute atomic E-state index is 13.1. The Morgan fingerprint density at radius 3 is 2.51 bits per heavy atom. The van der Waals surface area contributed by atoms with Gasteiger partial charge in [-0.2, -0.15) is 0 Å². The van der Waals surface area contributed by atoms with Gasteiger partial charge in [0.15, 0.2) is 0 Å². The number of carboxylic acids is 1. The zero-order chi connectivity index (χ0) is 24.9. The number of carbonyl (C=O) groups is 2. The lowest BCUT2D eigenvalue weighted by Crippen LogP contribution is -2.39. The van der Waals surface area contributed by atoms with E-state index in [9.17, 15) is 14.7 Å². The summed E-state index contributed by atoms with van der Waals surface area (Å²) in [6.45, 7) is 0.609. The van der Waals surface area contributed by atoms with Gasteiger partial charge in [0.05, 0.1) is 16.1 Å². The maximum Gasteiger partial charge on any atom is 0.303 e. The zero-order valence-electron chi connectivity index (χ0n) is 18.9. The fraction of sp³-hybridized carbons (Fsp3) is 0.231. The number of halogens is 1. The predicted molar refractivity (Wildman–Crippen MR) is 136 cm³/mol. The van der Waals surface area contributed by atoms with Crippen molar-refractivity contribution in [3.05, 3.63) is 82.6 Å². The molecule has 0 aliphatic carbocycles. The minimum Gasteiger partial charge on any atom is -0.490 e. The van der Waals surface area contributed by atoms with Crippen LogP contribution in [0.25, 0.3) is 11.1 Å². The molecule has 1 aromatic heterocycles. The van der Waals surface area contributed by atoms with Crippen molar-refractivity contribution in [1.82, 2.24) is 9.88 Å². The van der Waals surface area contributed by atoms with E-state index in [0.29, 0.717) is 29.8 Å². The number of carboxylic acid groups (broad SMARTS) is 1. The highest BCUT2D eigenvalue weighted by Gasteiger charge is 2.37. The van der Waals surface area contributed by atoms with Crippen LogP contribution in [0.2, 0.25) is 0 Å². The largest absolute Gasteiger partial charge is 0.490 e. The number of nitrogen functional groups attached to an aromatic ring is 1. The first-order valence-electron chi connectivity index (χ1n) is 11.1. The number of nitrogens with one attached hydrogen (secondary N) is 1. The number of hydrogen-bond acceptors (Lipinski definition) is 5. The van der Waals surface area contributed by atoms with Crippen LogP contribution in [-0.2, 0) is 4.79 Å². The van der Waals surface area contributed by atoms with E-state index in [1.807, 2.05) is 30.3 Å². The highest BCUT2D eigenvalue weighted by Crippen LogP contribution is 2.33. The number of pyridine rings is 1. The number of benzene rings is 2. The number of amides is 1. The standard InChI is InChI=1S/C26H25BrN4O4/c27-22-12-19(17-3-5-18(6-4-17)25(28)29)7-8-23(22)35-15-21-10-16(11-24(32)33)14-31(21)26(34)20-2-1-9-30-13-20/h1-9,12-13,16,21H,10-11,14-15H2,(H3,28,29)(H,32,33)/t16-,21-/m0/s1. The topological polar surface area (TPSA) is 130 Å². The monoisotopic (exact) mass is 536 g/mol. The molecule has 1 amide bonds. The third-order valence-corrected chi connectivity index (χ3v) is 6.65. The molecular formula is C26H25BrN4O4. The van der Waals surface area contributed by atoms with E-state index >= 15 is 0 Å². The SMILES string of the molecule is N=C(N)c1ccc(-c2ccc(OC[C@@H]3C[C@@H](CC(=O)O)CN3C(=O)c3cccnc3)c(Br)c2)cc1. The molecule has 1 aliphatic heterocycles. The third-order valence-electron chi connectivity index (χ3n) is 6.03. The Bertz CT molecular complexity index is 1230. The molecule has 1 fully saturated rings. The number of rotatable bonds is 8. The molecule has 0 unspecified atom stereocenters. The number of likely N-dealkylation sites (tertiary alicyclic amines) is 1. The Kier molecular flexibility index (Phi) is 7.45. The number of nitrogens with two attached hydrogens (primary N) is 1. The van der Waals surface area contributed by atoms with Gasteiger partial charge in [-0.3, -0.25) is 20.0 Å². The van der Waals surface area contributed by atoms with Crippen LogP contribution in [0.1, 0.15) is 28.8 Å². The van der Waals surface area contributed by atoms with Gasteiger partial charge in [0.2, 0.25) is 0 Å². The molecule has 1 saturated heterocycles. The van der Waals surface area contributed by atoms with Crippen molar-refractivity contribution in [1.29, 1.82) is 5.41 Å². The summed E-state index contributed by atoms with van der Waals surface area (Å²) in [6, 6.07) is 16.3. The molecule has 2 aromatic carbocycles. The van der Waals surface area contributed by atoms with Gasteiger partial charge in [0.1, 0.15) is 18.2 Å². The highest BCUT2D eigenvalue weighted by molar-refractivity contribution is 9.10. The molecule has 4 rings (SSSR count). The summed E-state index contributed by atoms with van der Waals surface area (Å²) in [4.78, 5) is 30.1. The molecule has 0 spiro atoms. The molecule has 2 atom stereocenters. The van der Waals surface area contributed by atoms with Crippen molar-refractivity contribution in [2.24, 2.45) is 11.7 Å². The second kappa shape index (κ2) is 10.7. The van der Waals surface area contributed by atoms with Crippen LogP contribution in [-0.4, -0.2) is 51.9 Å². The Labute approximate surface area is 211 Å². The molecule has 8 nitrogen and oxygen atoms in total. The smallest absolute Gasteiger partial charge is 0.303 e. The Morgan fingerprint density at radius 1 is 1.14 bits per heavy atom. The molecule has 9 heteroatoms. The second-order valence-corrected chi connectivity index (χ2v) is 9.35. The molecule has 0 radical (unpaired) electrons. The number of ether oxygens (including phenoxy) is 1. The van der Waals surface area contributed by atoms with Crippen molar-refractivity contribution < 1.29 is 19.4 Å².